The van der Waals surface area contributed by atoms with Crippen LogP contribution in [0.5, 0.6) is 5.75 Å². The van der Waals surface area contributed by atoms with Crippen molar-refractivity contribution < 1.29 is 13.9 Å². The van der Waals surface area contributed by atoms with Gasteiger partial charge in [-0.05, 0) is 43.3 Å². The largest absolute Gasteiger partial charge is 0.481 e. The number of nitrogens with one attached hydrogen (secondary N) is 1. The number of carbonyl (C=O) groups excluding carboxylic acids is 1. The van der Waals surface area contributed by atoms with E-state index in [4.69, 9.17) is 4.74 Å². The van der Waals surface area contributed by atoms with Crippen LogP contribution in [-0.4, -0.2) is 26.8 Å². The highest BCUT2D eigenvalue weighted by Gasteiger charge is 2.16. The standard InChI is InChI=1S/C18H17FN4O2/c1-13(25-16-9-7-14(19)8-10-16)18(24)20-11-17-22-21-12-23(17)15-5-3-2-4-6-15/h2-10,12-13H,11H2,1H3,(H,20,24)/t13-/m0/s1. The second-order valence-electron chi connectivity index (χ2n) is 5.38. The van der Waals surface area contributed by atoms with Gasteiger partial charge in [0.25, 0.3) is 5.91 Å². The predicted octanol–water partition coefficient (Wildman–Crippen LogP) is 2.49. The third-order valence-corrected chi connectivity index (χ3v) is 3.57. The Kier molecular flexibility index (Phi) is 5.03. The molecule has 0 spiro atoms. The number of aromatic nitrogens is 3. The maximum atomic E-state index is 12.9. The van der Waals surface area contributed by atoms with E-state index in [0.717, 1.165) is 5.69 Å². The van der Waals surface area contributed by atoms with Crippen molar-refractivity contribution in [2.45, 2.75) is 19.6 Å². The molecule has 1 N–H and O–H groups in total. The van der Waals surface area contributed by atoms with Crippen molar-refractivity contribution in [3.05, 3.63) is 72.6 Å². The summed E-state index contributed by atoms with van der Waals surface area (Å²) in [5.41, 5.74) is 0.910. The number of amides is 1. The summed E-state index contributed by atoms with van der Waals surface area (Å²) in [6.45, 7) is 1.84. The summed E-state index contributed by atoms with van der Waals surface area (Å²) >= 11 is 0. The number of halogens is 1. The molecule has 0 aliphatic heterocycles. The van der Waals surface area contributed by atoms with E-state index in [1.165, 1.54) is 24.3 Å². The van der Waals surface area contributed by atoms with Gasteiger partial charge in [0, 0.05) is 5.69 Å². The highest BCUT2D eigenvalue weighted by Crippen LogP contribution is 2.13. The summed E-state index contributed by atoms with van der Waals surface area (Å²) in [4.78, 5) is 12.2. The molecule has 7 heteroatoms. The smallest absolute Gasteiger partial charge is 0.261 e. The Balaban J connectivity index is 1.59. The fraction of sp³-hybridized carbons (Fsp3) is 0.167. The van der Waals surface area contributed by atoms with E-state index in [-0.39, 0.29) is 18.3 Å². The van der Waals surface area contributed by atoms with Crippen LogP contribution in [0.3, 0.4) is 0 Å². The molecule has 6 nitrogen and oxygen atoms in total. The van der Waals surface area contributed by atoms with E-state index in [1.54, 1.807) is 17.8 Å². The van der Waals surface area contributed by atoms with E-state index in [0.29, 0.717) is 11.6 Å². The molecule has 0 unspecified atom stereocenters. The van der Waals surface area contributed by atoms with E-state index < -0.39 is 6.10 Å². The van der Waals surface area contributed by atoms with Gasteiger partial charge in [0.05, 0.1) is 6.54 Å². The SMILES string of the molecule is C[C@H](Oc1ccc(F)cc1)C(=O)NCc1nncn1-c1ccccc1. The second kappa shape index (κ2) is 7.57. The van der Waals surface area contributed by atoms with Gasteiger partial charge >= 0.3 is 0 Å². The molecule has 25 heavy (non-hydrogen) atoms. The minimum Gasteiger partial charge on any atom is -0.481 e. The molecule has 128 valence electrons. The molecule has 0 aliphatic rings. The fourth-order valence-electron chi connectivity index (χ4n) is 2.26. The first-order valence-corrected chi connectivity index (χ1v) is 7.78. The zero-order chi connectivity index (χ0) is 17.6. The van der Waals surface area contributed by atoms with Crippen molar-refractivity contribution in [1.29, 1.82) is 0 Å². The number of rotatable bonds is 6. The average molecular weight is 340 g/mol. The van der Waals surface area contributed by atoms with Gasteiger partial charge in [0.15, 0.2) is 11.9 Å². The Morgan fingerprint density at radius 1 is 1.20 bits per heavy atom. The van der Waals surface area contributed by atoms with Crippen molar-refractivity contribution in [3.63, 3.8) is 0 Å². The first-order chi connectivity index (χ1) is 12.1. The minimum absolute atomic E-state index is 0.213. The summed E-state index contributed by atoms with van der Waals surface area (Å²) < 4.78 is 20.2. The minimum atomic E-state index is -0.724. The van der Waals surface area contributed by atoms with Gasteiger partial charge in [-0.25, -0.2) is 4.39 Å². The average Bonchev–Trinajstić information content (AvgIpc) is 3.11. The van der Waals surface area contributed by atoms with Gasteiger partial charge < -0.3 is 10.1 Å². The number of hydrogen-bond donors (Lipinski definition) is 1. The topological polar surface area (TPSA) is 69.0 Å². The lowest BCUT2D eigenvalue weighted by Crippen LogP contribution is -2.36. The normalized spacial score (nSPS) is 11.8. The van der Waals surface area contributed by atoms with Gasteiger partial charge in [-0.2, -0.15) is 0 Å². The van der Waals surface area contributed by atoms with Crippen LogP contribution in [-0.2, 0) is 11.3 Å². The van der Waals surface area contributed by atoms with E-state index >= 15 is 0 Å². The Labute approximate surface area is 144 Å². The van der Waals surface area contributed by atoms with Crippen LogP contribution in [0.25, 0.3) is 5.69 Å². The van der Waals surface area contributed by atoms with Crippen LogP contribution in [0.15, 0.2) is 60.9 Å². The molecule has 0 fully saturated rings. The molecule has 0 radical (unpaired) electrons. The summed E-state index contributed by atoms with van der Waals surface area (Å²) in [6, 6.07) is 15.1. The van der Waals surface area contributed by atoms with Crippen molar-refractivity contribution in [1.82, 2.24) is 20.1 Å². The number of benzene rings is 2. The van der Waals surface area contributed by atoms with Crippen molar-refractivity contribution >= 4 is 5.91 Å². The predicted molar refractivity (Wildman–Crippen MR) is 89.7 cm³/mol. The van der Waals surface area contributed by atoms with Crippen LogP contribution in [0.4, 0.5) is 4.39 Å². The maximum Gasteiger partial charge on any atom is 0.261 e. The maximum absolute atomic E-state index is 12.9. The molecule has 0 saturated carbocycles. The van der Waals surface area contributed by atoms with E-state index in [1.807, 2.05) is 30.3 Å². The summed E-state index contributed by atoms with van der Waals surface area (Å²) in [5, 5.41) is 10.7. The molecule has 1 amide bonds. The molecule has 0 saturated heterocycles. The number of para-hydroxylation sites is 1. The Morgan fingerprint density at radius 2 is 1.92 bits per heavy atom. The zero-order valence-corrected chi connectivity index (χ0v) is 13.6. The monoisotopic (exact) mass is 340 g/mol. The molecular formula is C18H17FN4O2. The van der Waals surface area contributed by atoms with Gasteiger partial charge in [-0.15, -0.1) is 10.2 Å². The van der Waals surface area contributed by atoms with Crippen molar-refractivity contribution in [2.24, 2.45) is 0 Å². The number of hydrogen-bond acceptors (Lipinski definition) is 4. The molecule has 0 bridgehead atoms. The van der Waals surface area contributed by atoms with Gasteiger partial charge in [-0.3, -0.25) is 9.36 Å². The molecule has 0 aliphatic carbocycles. The second-order valence-corrected chi connectivity index (χ2v) is 5.38. The molecule has 1 heterocycles. The number of nitrogens with zero attached hydrogens (tertiary/aromatic N) is 3. The third kappa shape index (κ3) is 4.20. The fourth-order valence-corrected chi connectivity index (χ4v) is 2.26. The molecule has 1 aromatic heterocycles. The lowest BCUT2D eigenvalue weighted by atomic mass is 10.3. The van der Waals surface area contributed by atoms with Crippen LogP contribution in [0, 0.1) is 5.82 Å². The first-order valence-electron chi connectivity index (χ1n) is 7.78. The van der Waals surface area contributed by atoms with Gasteiger partial charge in [-0.1, -0.05) is 18.2 Å². The van der Waals surface area contributed by atoms with Crippen molar-refractivity contribution in [2.75, 3.05) is 0 Å². The Hall–Kier alpha value is -3.22. The lowest BCUT2D eigenvalue weighted by molar-refractivity contribution is -0.127. The van der Waals surface area contributed by atoms with E-state index in [2.05, 4.69) is 15.5 Å². The van der Waals surface area contributed by atoms with Crippen LogP contribution < -0.4 is 10.1 Å². The zero-order valence-electron chi connectivity index (χ0n) is 13.6. The van der Waals surface area contributed by atoms with Gasteiger partial charge in [0.2, 0.25) is 0 Å². The summed E-state index contributed by atoms with van der Waals surface area (Å²) in [7, 11) is 0. The molecular weight excluding hydrogens is 323 g/mol. The molecule has 3 aromatic rings. The summed E-state index contributed by atoms with van der Waals surface area (Å²) in [6.07, 6.45) is 0.869. The van der Waals surface area contributed by atoms with Crippen molar-refractivity contribution in [3.8, 4) is 11.4 Å². The Bertz CT molecular complexity index is 834. The molecule has 2 aromatic carbocycles. The number of ether oxygens (including phenoxy) is 1. The van der Waals surface area contributed by atoms with Crippen LogP contribution >= 0.6 is 0 Å². The Morgan fingerprint density at radius 3 is 2.64 bits per heavy atom. The number of carbonyl (C=O) groups is 1. The van der Waals surface area contributed by atoms with E-state index in [9.17, 15) is 9.18 Å². The van der Waals surface area contributed by atoms with Crippen LogP contribution in [0.1, 0.15) is 12.7 Å². The lowest BCUT2D eigenvalue weighted by Gasteiger charge is -2.14. The molecule has 3 rings (SSSR count). The summed E-state index contributed by atoms with van der Waals surface area (Å²) in [5.74, 6) is 0.377. The first kappa shape index (κ1) is 16.6. The van der Waals surface area contributed by atoms with Crippen LogP contribution in [0.2, 0.25) is 0 Å². The highest BCUT2D eigenvalue weighted by atomic mass is 19.1. The van der Waals surface area contributed by atoms with Gasteiger partial charge in [0.1, 0.15) is 17.9 Å². The molecule has 1 atom stereocenters. The quantitative estimate of drug-likeness (QED) is 0.748. The highest BCUT2D eigenvalue weighted by molar-refractivity contribution is 5.80. The third-order valence-electron chi connectivity index (χ3n) is 3.57.